The molecule has 44 heavy (non-hydrogen) atoms. The van der Waals surface area contributed by atoms with Crippen LogP contribution in [-0.2, 0) is 32.1 Å². The van der Waals surface area contributed by atoms with Crippen LogP contribution in [0.3, 0.4) is 0 Å². The molecule has 4 N–H and O–H groups in total. The maximum absolute atomic E-state index is 14.1. The van der Waals surface area contributed by atoms with E-state index in [2.05, 4.69) is 0 Å². The molecule has 238 valence electrons. The Kier molecular flexibility index (Phi) is 7.78. The molecule has 2 unspecified atom stereocenters. The van der Waals surface area contributed by atoms with Crippen LogP contribution in [0.2, 0.25) is 0 Å². The molecule has 1 aliphatic heterocycles. The van der Waals surface area contributed by atoms with E-state index in [4.69, 9.17) is 5.73 Å². The van der Waals surface area contributed by atoms with Gasteiger partial charge in [-0.3, -0.25) is 33.8 Å². The lowest BCUT2D eigenvalue weighted by Gasteiger charge is -2.52. The highest BCUT2D eigenvalue weighted by Crippen LogP contribution is 2.52. The van der Waals surface area contributed by atoms with E-state index in [-0.39, 0.29) is 50.0 Å². The van der Waals surface area contributed by atoms with Crippen molar-refractivity contribution in [2.45, 2.75) is 43.6 Å². The van der Waals surface area contributed by atoms with Crippen molar-refractivity contribution in [2.24, 2.45) is 29.4 Å². The highest BCUT2D eigenvalue weighted by atomic mass is 19.4. The molecular formula is C30H35F3N4O7. The van der Waals surface area contributed by atoms with Gasteiger partial charge in [-0.2, -0.15) is 13.2 Å². The lowest BCUT2D eigenvalue weighted by Crippen LogP contribution is -2.74. The number of benzene rings is 1. The molecule has 2 saturated carbocycles. The van der Waals surface area contributed by atoms with Gasteiger partial charge < -0.3 is 20.8 Å². The summed E-state index contributed by atoms with van der Waals surface area (Å²) in [4.78, 5) is 71.9. The van der Waals surface area contributed by atoms with E-state index < -0.39 is 81.9 Å². The molecule has 1 aromatic carbocycles. The van der Waals surface area contributed by atoms with Gasteiger partial charge >= 0.3 is 6.18 Å². The van der Waals surface area contributed by atoms with Crippen LogP contribution in [0, 0.1) is 23.7 Å². The Morgan fingerprint density at radius 2 is 1.80 bits per heavy atom. The summed E-state index contributed by atoms with van der Waals surface area (Å²) in [5.74, 6) is -11.4. The van der Waals surface area contributed by atoms with Crippen molar-refractivity contribution in [1.82, 2.24) is 9.80 Å². The maximum atomic E-state index is 14.1. The minimum Gasteiger partial charge on any atom is -0.507 e. The number of aromatic hydroxyl groups is 1. The summed E-state index contributed by atoms with van der Waals surface area (Å²) >= 11 is 0. The topological polar surface area (TPSA) is 162 Å². The van der Waals surface area contributed by atoms with E-state index in [1.54, 1.807) is 30.0 Å². The number of rotatable bonds is 5. The second kappa shape index (κ2) is 10.8. The fraction of sp³-hybridized carbons (Fsp3) is 0.567. The highest BCUT2D eigenvalue weighted by Gasteiger charge is 2.69. The molecule has 1 heterocycles. The monoisotopic (exact) mass is 620 g/mol. The van der Waals surface area contributed by atoms with Gasteiger partial charge in [0.05, 0.1) is 17.5 Å². The summed E-state index contributed by atoms with van der Waals surface area (Å²) in [7, 11) is 6.48. The lowest BCUT2D eigenvalue weighted by atomic mass is 9.52. The number of carbonyl (C=O) groups excluding carboxylic acids is 5. The number of ketones is 4. The third-order valence-electron chi connectivity index (χ3n) is 9.65. The Morgan fingerprint density at radius 1 is 1.14 bits per heavy atom. The zero-order valence-electron chi connectivity index (χ0n) is 24.8. The number of hydrogen-bond acceptors (Lipinski definition) is 10. The number of halogens is 3. The fourth-order valence-electron chi connectivity index (χ4n) is 7.58. The quantitative estimate of drug-likeness (QED) is 0.315. The molecule has 2 fully saturated rings. The van der Waals surface area contributed by atoms with E-state index in [0.717, 1.165) is 6.08 Å². The summed E-state index contributed by atoms with van der Waals surface area (Å²) in [5, 5.41) is 23.1. The average Bonchev–Trinajstić information content (AvgIpc) is 2.91. The summed E-state index contributed by atoms with van der Waals surface area (Å²) in [6.45, 7) is 0.0665. The normalized spacial score (nSPS) is 30.9. The number of amides is 1. The van der Waals surface area contributed by atoms with Gasteiger partial charge in [-0.15, -0.1) is 0 Å². The number of carbonyl (C=O) groups is 5. The molecule has 14 heteroatoms. The van der Waals surface area contributed by atoms with Crippen LogP contribution in [0.25, 0.3) is 0 Å². The van der Waals surface area contributed by atoms with E-state index >= 15 is 0 Å². The molecule has 0 saturated heterocycles. The van der Waals surface area contributed by atoms with Crippen LogP contribution in [0.5, 0.6) is 5.75 Å². The number of primary amides is 1. The standard InChI is InChI=1S/C30H35F3N4O7/c1-35(2)18-11-14(12-37-7-5-15(6-8-37)30(31,32)33)23(38)20-16(18)9-13-10-17-22(36(3)4)25(40)21(28(34)43)27(42)29(17,44)26(41)19(13)24(20)39/h5,11,13,17,19,21-22,38,44H,6-10,12H2,1-4H3,(H2,34,43)/t13-,17-,19?,21?,22-,29-/m0/s1. The van der Waals surface area contributed by atoms with Crippen LogP contribution in [0.1, 0.15) is 34.3 Å². The molecule has 6 atom stereocenters. The first kappa shape index (κ1) is 31.8. The third-order valence-corrected chi connectivity index (χ3v) is 9.65. The van der Waals surface area contributed by atoms with Gasteiger partial charge in [0, 0.05) is 56.5 Å². The zero-order chi connectivity index (χ0) is 32.6. The van der Waals surface area contributed by atoms with Gasteiger partial charge in [0.1, 0.15) is 5.75 Å². The first-order valence-electron chi connectivity index (χ1n) is 14.3. The van der Waals surface area contributed by atoms with E-state index in [1.165, 1.54) is 19.0 Å². The average molecular weight is 621 g/mol. The first-order chi connectivity index (χ1) is 20.4. The second-order valence-corrected chi connectivity index (χ2v) is 12.7. The molecule has 5 rings (SSSR count). The minimum absolute atomic E-state index is 0.0222. The molecule has 0 aromatic heterocycles. The van der Waals surface area contributed by atoms with Crippen molar-refractivity contribution >= 4 is 34.7 Å². The summed E-state index contributed by atoms with van der Waals surface area (Å²) in [5.41, 5.74) is 3.03. The van der Waals surface area contributed by atoms with E-state index in [9.17, 15) is 47.4 Å². The van der Waals surface area contributed by atoms with Gasteiger partial charge in [0.25, 0.3) is 0 Å². The number of alkyl halides is 3. The predicted molar refractivity (Wildman–Crippen MR) is 150 cm³/mol. The van der Waals surface area contributed by atoms with E-state index in [0.29, 0.717) is 11.3 Å². The Morgan fingerprint density at radius 3 is 2.32 bits per heavy atom. The SMILES string of the molecule is CN(C)c1cc(CN2CC=C(C(F)(F)F)CC2)c(O)c2c1C[C@H]1C[C@H]3[C@H](N(C)C)C(=O)C(C(N)=O)C(=O)[C@@]3(O)C(=O)C1C2=O. The van der Waals surface area contributed by atoms with Crippen molar-refractivity contribution in [3.63, 3.8) is 0 Å². The summed E-state index contributed by atoms with van der Waals surface area (Å²) < 4.78 is 39.4. The molecule has 3 aliphatic carbocycles. The molecule has 4 aliphatic rings. The first-order valence-corrected chi connectivity index (χ1v) is 14.3. The van der Waals surface area contributed by atoms with Gasteiger partial charge in [-0.05, 0) is 50.9 Å². The Labute approximate surface area is 251 Å². The lowest BCUT2D eigenvalue weighted by molar-refractivity contribution is -0.181. The van der Waals surface area contributed by atoms with Crippen molar-refractivity contribution in [1.29, 1.82) is 0 Å². The van der Waals surface area contributed by atoms with Gasteiger partial charge in [0.2, 0.25) is 5.91 Å². The van der Waals surface area contributed by atoms with Crippen LogP contribution in [-0.4, -0.2) is 108 Å². The minimum atomic E-state index is -4.42. The van der Waals surface area contributed by atoms with Gasteiger partial charge in [0.15, 0.2) is 34.7 Å². The number of anilines is 1. The molecule has 0 radical (unpaired) electrons. The van der Waals surface area contributed by atoms with Gasteiger partial charge in [-0.1, -0.05) is 6.08 Å². The summed E-state index contributed by atoms with van der Waals surface area (Å²) in [6, 6.07) is 0.469. The third kappa shape index (κ3) is 4.74. The Bertz CT molecular complexity index is 1500. The smallest absolute Gasteiger partial charge is 0.412 e. The van der Waals surface area contributed by atoms with Crippen LogP contribution < -0.4 is 10.6 Å². The summed E-state index contributed by atoms with van der Waals surface area (Å²) in [6.07, 6.45) is -3.53. The number of nitrogens with zero attached hydrogens (tertiary/aromatic N) is 3. The molecule has 11 nitrogen and oxygen atoms in total. The van der Waals surface area contributed by atoms with Crippen molar-refractivity contribution in [2.75, 3.05) is 46.2 Å². The second-order valence-electron chi connectivity index (χ2n) is 12.7. The maximum Gasteiger partial charge on any atom is 0.412 e. The van der Waals surface area contributed by atoms with Crippen LogP contribution >= 0.6 is 0 Å². The van der Waals surface area contributed by atoms with Crippen molar-refractivity contribution < 1.29 is 47.4 Å². The molecule has 1 amide bonds. The van der Waals surface area contributed by atoms with Crippen LogP contribution in [0.4, 0.5) is 18.9 Å². The number of likely N-dealkylation sites (N-methyl/N-ethyl adjacent to an activating group) is 1. The zero-order valence-corrected chi connectivity index (χ0v) is 24.8. The molecule has 0 bridgehead atoms. The number of fused-ring (bicyclic) bond motifs is 3. The van der Waals surface area contributed by atoms with Crippen molar-refractivity contribution in [3.05, 3.63) is 34.4 Å². The molecule has 1 aromatic rings. The number of Topliss-reactive ketones (excluding diaryl/α,β-unsaturated/α-hetero) is 4. The number of aliphatic hydroxyl groups is 1. The molecular weight excluding hydrogens is 585 g/mol. The molecule has 0 spiro atoms. The number of phenols is 1. The number of phenolic OH excluding ortho intramolecular Hbond substituents is 1. The largest absolute Gasteiger partial charge is 0.507 e. The number of hydrogen-bond donors (Lipinski definition) is 3. The van der Waals surface area contributed by atoms with Crippen LogP contribution in [0.15, 0.2) is 17.7 Å². The number of nitrogens with two attached hydrogens (primary N) is 1. The van der Waals surface area contributed by atoms with E-state index in [1.807, 2.05) is 0 Å². The highest BCUT2D eigenvalue weighted by molar-refractivity contribution is 6.32. The Hall–Kier alpha value is -3.62. The van der Waals surface area contributed by atoms with Crippen molar-refractivity contribution in [3.8, 4) is 5.75 Å². The fourth-order valence-corrected chi connectivity index (χ4v) is 7.58. The predicted octanol–water partition coefficient (Wildman–Crippen LogP) is 0.627. The van der Waals surface area contributed by atoms with Gasteiger partial charge in [-0.25, -0.2) is 0 Å². The Balaban J connectivity index is 1.56.